The fourth-order valence-electron chi connectivity index (χ4n) is 2.59. The molecule has 7 heteroatoms. The zero-order valence-corrected chi connectivity index (χ0v) is 10.4. The van der Waals surface area contributed by atoms with E-state index in [1.807, 2.05) is 0 Å². The van der Waals surface area contributed by atoms with Gasteiger partial charge in [0.15, 0.2) is 11.5 Å². The molecule has 7 nitrogen and oxygen atoms in total. The van der Waals surface area contributed by atoms with Crippen molar-refractivity contribution in [3.05, 3.63) is 12.7 Å². The summed E-state index contributed by atoms with van der Waals surface area (Å²) in [5.41, 5.74) is 1.51. The third-order valence-corrected chi connectivity index (χ3v) is 3.58. The molecule has 1 fully saturated rings. The number of carbonyl (C=O) groups is 1. The quantitative estimate of drug-likeness (QED) is 0.857. The van der Waals surface area contributed by atoms with Gasteiger partial charge in [0, 0.05) is 19.5 Å². The number of rotatable bonds is 3. The van der Waals surface area contributed by atoms with E-state index in [0.29, 0.717) is 5.65 Å². The summed E-state index contributed by atoms with van der Waals surface area (Å²) in [6.45, 7) is 1.64. The van der Waals surface area contributed by atoms with E-state index < -0.39 is 5.97 Å². The van der Waals surface area contributed by atoms with Gasteiger partial charge in [-0.25, -0.2) is 15.0 Å². The third kappa shape index (κ3) is 2.35. The molecule has 0 amide bonds. The Kier molecular flexibility index (Phi) is 3.02. The summed E-state index contributed by atoms with van der Waals surface area (Å²) >= 11 is 0. The van der Waals surface area contributed by atoms with Crippen LogP contribution in [-0.4, -0.2) is 44.1 Å². The van der Waals surface area contributed by atoms with Crippen LogP contribution < -0.4 is 4.90 Å². The van der Waals surface area contributed by atoms with Crippen molar-refractivity contribution in [1.82, 2.24) is 19.9 Å². The second-order valence-electron chi connectivity index (χ2n) is 4.83. The Labute approximate surface area is 109 Å². The molecule has 19 heavy (non-hydrogen) atoms. The van der Waals surface area contributed by atoms with E-state index in [2.05, 4.69) is 24.8 Å². The lowest BCUT2D eigenvalue weighted by Gasteiger charge is -2.32. The summed E-state index contributed by atoms with van der Waals surface area (Å²) in [5, 5.41) is 8.81. The third-order valence-electron chi connectivity index (χ3n) is 3.58. The normalized spacial score (nSPS) is 16.9. The van der Waals surface area contributed by atoms with Gasteiger partial charge >= 0.3 is 5.97 Å². The molecule has 3 rings (SSSR count). The smallest absolute Gasteiger partial charge is 0.303 e. The molecule has 2 aromatic rings. The van der Waals surface area contributed by atoms with Crippen LogP contribution in [0.1, 0.15) is 19.3 Å². The van der Waals surface area contributed by atoms with Crippen molar-refractivity contribution in [2.75, 3.05) is 18.0 Å². The molecule has 1 aliphatic rings. The number of hydrogen-bond acceptors (Lipinski definition) is 5. The van der Waals surface area contributed by atoms with Gasteiger partial charge in [-0.3, -0.25) is 4.79 Å². The average Bonchev–Trinajstić information content (AvgIpc) is 2.87. The Morgan fingerprint density at radius 1 is 1.37 bits per heavy atom. The minimum absolute atomic E-state index is 0.261. The maximum absolute atomic E-state index is 10.7. The van der Waals surface area contributed by atoms with Gasteiger partial charge in [0.05, 0.1) is 6.33 Å². The SMILES string of the molecule is O=C(O)CC1CCN(c2ncnc3nc[nH]c23)CC1. The van der Waals surface area contributed by atoms with Crippen LogP contribution in [0.3, 0.4) is 0 Å². The number of hydrogen-bond donors (Lipinski definition) is 2. The first-order valence-corrected chi connectivity index (χ1v) is 6.35. The molecular formula is C12H15N5O2. The van der Waals surface area contributed by atoms with Crippen LogP contribution in [0.25, 0.3) is 11.2 Å². The minimum atomic E-state index is -0.712. The van der Waals surface area contributed by atoms with E-state index in [9.17, 15) is 4.79 Å². The average molecular weight is 261 g/mol. The summed E-state index contributed by atoms with van der Waals surface area (Å²) in [6.07, 6.45) is 5.15. The number of carboxylic acids is 1. The molecule has 100 valence electrons. The molecular weight excluding hydrogens is 246 g/mol. The zero-order valence-electron chi connectivity index (χ0n) is 10.4. The molecule has 1 saturated heterocycles. The van der Waals surface area contributed by atoms with E-state index in [1.165, 1.54) is 6.33 Å². The fraction of sp³-hybridized carbons (Fsp3) is 0.500. The summed E-state index contributed by atoms with van der Waals surface area (Å²) in [7, 11) is 0. The number of anilines is 1. The number of aliphatic carboxylic acids is 1. The molecule has 0 radical (unpaired) electrons. The molecule has 0 aliphatic carbocycles. The van der Waals surface area contributed by atoms with Gasteiger partial charge in [-0.2, -0.15) is 0 Å². The molecule has 3 heterocycles. The second kappa shape index (κ2) is 4.83. The Morgan fingerprint density at radius 3 is 2.89 bits per heavy atom. The van der Waals surface area contributed by atoms with Crippen molar-refractivity contribution >= 4 is 23.0 Å². The van der Waals surface area contributed by atoms with Crippen LogP contribution in [0.2, 0.25) is 0 Å². The lowest BCUT2D eigenvalue weighted by atomic mass is 9.93. The van der Waals surface area contributed by atoms with Gasteiger partial charge < -0.3 is 15.0 Å². The first-order valence-electron chi connectivity index (χ1n) is 6.35. The monoisotopic (exact) mass is 261 g/mol. The van der Waals surface area contributed by atoms with Crippen LogP contribution >= 0.6 is 0 Å². The van der Waals surface area contributed by atoms with Gasteiger partial charge in [-0.1, -0.05) is 0 Å². The molecule has 0 saturated carbocycles. The van der Waals surface area contributed by atoms with Gasteiger partial charge in [-0.15, -0.1) is 0 Å². The van der Waals surface area contributed by atoms with Crippen LogP contribution in [0, 0.1) is 5.92 Å². The summed E-state index contributed by atoms with van der Waals surface area (Å²) in [6, 6.07) is 0. The summed E-state index contributed by atoms with van der Waals surface area (Å²) in [5.74, 6) is 0.417. The van der Waals surface area contributed by atoms with E-state index in [-0.39, 0.29) is 12.3 Å². The van der Waals surface area contributed by atoms with Crippen molar-refractivity contribution < 1.29 is 9.90 Å². The topological polar surface area (TPSA) is 95.0 Å². The van der Waals surface area contributed by atoms with Crippen molar-refractivity contribution in [2.24, 2.45) is 5.92 Å². The van der Waals surface area contributed by atoms with Crippen molar-refractivity contribution in [2.45, 2.75) is 19.3 Å². The number of carboxylic acid groups (broad SMARTS) is 1. The highest BCUT2D eigenvalue weighted by molar-refractivity contribution is 5.82. The van der Waals surface area contributed by atoms with Crippen molar-refractivity contribution in [3.63, 3.8) is 0 Å². The molecule has 0 atom stereocenters. The highest BCUT2D eigenvalue weighted by Gasteiger charge is 2.23. The van der Waals surface area contributed by atoms with Crippen LogP contribution in [0.15, 0.2) is 12.7 Å². The number of fused-ring (bicyclic) bond motifs is 1. The number of nitrogens with zero attached hydrogens (tertiary/aromatic N) is 4. The van der Waals surface area contributed by atoms with Crippen LogP contribution in [0.5, 0.6) is 0 Å². The lowest BCUT2D eigenvalue weighted by Crippen LogP contribution is -2.35. The summed E-state index contributed by atoms with van der Waals surface area (Å²) < 4.78 is 0. The van der Waals surface area contributed by atoms with Crippen molar-refractivity contribution in [1.29, 1.82) is 0 Å². The van der Waals surface area contributed by atoms with Gasteiger partial charge in [0.2, 0.25) is 0 Å². The fourth-order valence-corrected chi connectivity index (χ4v) is 2.59. The molecule has 1 aliphatic heterocycles. The van der Waals surface area contributed by atoms with Crippen molar-refractivity contribution in [3.8, 4) is 0 Å². The van der Waals surface area contributed by atoms with E-state index in [4.69, 9.17) is 5.11 Å². The van der Waals surface area contributed by atoms with E-state index in [0.717, 1.165) is 37.3 Å². The number of aromatic amines is 1. The number of H-pyrrole nitrogens is 1. The number of aromatic nitrogens is 4. The van der Waals surface area contributed by atoms with Gasteiger partial charge in [0.1, 0.15) is 11.8 Å². The standard InChI is InChI=1S/C12H15N5O2/c18-9(19)5-8-1-3-17(4-2-8)12-10-11(14-6-13-10)15-7-16-12/h6-8H,1-5H2,(H,18,19)(H,13,14,15,16). The predicted molar refractivity (Wildman–Crippen MR) is 68.9 cm³/mol. The van der Waals surface area contributed by atoms with Gasteiger partial charge in [-0.05, 0) is 18.8 Å². The van der Waals surface area contributed by atoms with Gasteiger partial charge in [0.25, 0.3) is 0 Å². The van der Waals surface area contributed by atoms with E-state index in [1.54, 1.807) is 6.33 Å². The molecule has 2 N–H and O–H groups in total. The maximum Gasteiger partial charge on any atom is 0.303 e. The second-order valence-corrected chi connectivity index (χ2v) is 4.83. The Bertz CT molecular complexity index is 589. The maximum atomic E-state index is 10.7. The Hall–Kier alpha value is -2.18. The number of piperidine rings is 1. The highest BCUT2D eigenvalue weighted by Crippen LogP contribution is 2.26. The first kappa shape index (κ1) is 11.9. The summed E-state index contributed by atoms with van der Waals surface area (Å²) in [4.78, 5) is 28.5. The molecule has 0 bridgehead atoms. The van der Waals surface area contributed by atoms with Crippen LogP contribution in [0.4, 0.5) is 5.82 Å². The Morgan fingerprint density at radius 2 is 2.16 bits per heavy atom. The molecule has 0 aromatic carbocycles. The molecule has 0 unspecified atom stereocenters. The molecule has 0 spiro atoms. The Balaban J connectivity index is 1.75. The lowest BCUT2D eigenvalue weighted by molar-refractivity contribution is -0.138. The zero-order chi connectivity index (χ0) is 13.2. The first-order chi connectivity index (χ1) is 9.24. The van der Waals surface area contributed by atoms with E-state index >= 15 is 0 Å². The van der Waals surface area contributed by atoms with Crippen LogP contribution in [-0.2, 0) is 4.79 Å². The predicted octanol–water partition coefficient (Wildman–Crippen LogP) is 1.04. The minimum Gasteiger partial charge on any atom is -0.481 e. The number of imidazole rings is 1. The number of nitrogens with one attached hydrogen (secondary N) is 1. The largest absolute Gasteiger partial charge is 0.481 e. The molecule has 2 aromatic heterocycles. The highest BCUT2D eigenvalue weighted by atomic mass is 16.4.